The zero-order valence-corrected chi connectivity index (χ0v) is 10.2. The third kappa shape index (κ3) is 3.43. The Morgan fingerprint density at radius 2 is 2.18 bits per heavy atom. The topological polar surface area (TPSA) is 85.4 Å². The first-order chi connectivity index (χ1) is 7.76. The number of nitrogens with zero attached hydrogens (tertiary/aromatic N) is 1. The third-order valence-corrected chi connectivity index (χ3v) is 2.56. The van der Waals surface area contributed by atoms with Crippen LogP contribution in [0.3, 0.4) is 0 Å². The predicted octanol–water partition coefficient (Wildman–Crippen LogP) is 1.74. The van der Waals surface area contributed by atoms with Gasteiger partial charge in [0.05, 0.1) is 11.8 Å². The molecule has 1 heterocycles. The number of carboxylic acids is 1. The average molecular weight is 362 g/mol. The van der Waals surface area contributed by atoms with Gasteiger partial charge in [-0.15, -0.1) is 13.2 Å². The molecule has 0 unspecified atom stereocenters. The Labute approximate surface area is 107 Å². The van der Waals surface area contributed by atoms with E-state index in [0.29, 0.717) is 0 Å². The summed E-state index contributed by atoms with van der Waals surface area (Å²) in [5.74, 6) is -2.10. The highest BCUT2D eigenvalue weighted by molar-refractivity contribution is 14.1. The van der Waals surface area contributed by atoms with Crippen molar-refractivity contribution in [1.29, 1.82) is 0 Å². The van der Waals surface area contributed by atoms with E-state index in [-0.39, 0.29) is 14.8 Å². The van der Waals surface area contributed by atoms with Crippen molar-refractivity contribution >= 4 is 28.6 Å². The fraction of sp³-hybridized carbons (Fsp3) is 0.250. The van der Waals surface area contributed by atoms with Crippen molar-refractivity contribution in [2.75, 3.05) is 0 Å². The van der Waals surface area contributed by atoms with Gasteiger partial charge in [0.25, 0.3) is 0 Å². The molecule has 3 N–H and O–H groups in total. The van der Waals surface area contributed by atoms with Crippen LogP contribution in [0.2, 0.25) is 0 Å². The summed E-state index contributed by atoms with van der Waals surface area (Å²) in [6.45, 7) is -0.397. The van der Waals surface area contributed by atoms with Crippen molar-refractivity contribution in [3.05, 3.63) is 21.0 Å². The summed E-state index contributed by atoms with van der Waals surface area (Å²) in [5, 5.41) is 8.86. The highest BCUT2D eigenvalue weighted by Crippen LogP contribution is 2.29. The van der Waals surface area contributed by atoms with Crippen LogP contribution in [0.15, 0.2) is 6.20 Å². The van der Waals surface area contributed by atoms with E-state index in [0.717, 1.165) is 6.20 Å². The van der Waals surface area contributed by atoms with Gasteiger partial charge < -0.3 is 15.6 Å². The van der Waals surface area contributed by atoms with Gasteiger partial charge in [-0.1, -0.05) is 0 Å². The third-order valence-electron chi connectivity index (χ3n) is 1.74. The zero-order valence-electron chi connectivity index (χ0n) is 8.08. The number of aromatic nitrogens is 1. The fourth-order valence-corrected chi connectivity index (χ4v) is 1.83. The van der Waals surface area contributed by atoms with Crippen LogP contribution in [-0.2, 0) is 6.54 Å². The molecular formula is C8H6F3IN2O3. The zero-order chi connectivity index (χ0) is 13.2. The number of ether oxygens (including phenoxy) is 1. The van der Waals surface area contributed by atoms with Crippen molar-refractivity contribution < 1.29 is 27.8 Å². The molecule has 0 aromatic carbocycles. The molecular weight excluding hydrogens is 356 g/mol. The fourth-order valence-electron chi connectivity index (χ4n) is 1.14. The van der Waals surface area contributed by atoms with Gasteiger partial charge in [0.15, 0.2) is 5.75 Å². The summed E-state index contributed by atoms with van der Waals surface area (Å²) in [4.78, 5) is 14.4. The Morgan fingerprint density at radius 3 is 2.59 bits per heavy atom. The second-order valence-electron chi connectivity index (χ2n) is 2.82. The van der Waals surface area contributed by atoms with Crippen LogP contribution in [0, 0.1) is 3.70 Å². The monoisotopic (exact) mass is 362 g/mol. The van der Waals surface area contributed by atoms with E-state index in [2.05, 4.69) is 9.72 Å². The molecule has 0 spiro atoms. The lowest BCUT2D eigenvalue weighted by Crippen LogP contribution is -2.21. The molecule has 0 radical (unpaired) electrons. The molecule has 0 saturated heterocycles. The van der Waals surface area contributed by atoms with Crippen molar-refractivity contribution in [2.45, 2.75) is 12.9 Å². The van der Waals surface area contributed by atoms with E-state index in [1.165, 1.54) is 0 Å². The Hall–Kier alpha value is -1.10. The molecule has 17 heavy (non-hydrogen) atoms. The number of alkyl halides is 3. The standard InChI is InChI=1S/C8H6F3IN2O3/c9-8(10,11)17-4-2-14-6(12)5(7(15)16)3(4)1-13/h2H,1,13H2,(H,15,16). The second-order valence-corrected chi connectivity index (χ2v) is 3.85. The quantitative estimate of drug-likeness (QED) is 0.632. The van der Waals surface area contributed by atoms with Crippen LogP contribution in [0.5, 0.6) is 5.75 Å². The molecule has 0 amide bonds. The first kappa shape index (κ1) is 14.0. The number of aromatic carboxylic acids is 1. The molecule has 0 bridgehead atoms. The molecule has 1 aromatic rings. The van der Waals surface area contributed by atoms with E-state index >= 15 is 0 Å². The van der Waals surface area contributed by atoms with Crippen LogP contribution < -0.4 is 10.5 Å². The molecule has 5 nitrogen and oxygen atoms in total. The highest BCUT2D eigenvalue weighted by atomic mass is 127. The lowest BCUT2D eigenvalue weighted by Gasteiger charge is -2.14. The minimum atomic E-state index is -4.92. The van der Waals surface area contributed by atoms with Gasteiger partial charge in [0, 0.05) is 12.1 Å². The van der Waals surface area contributed by atoms with Crippen LogP contribution >= 0.6 is 22.6 Å². The number of rotatable bonds is 3. The van der Waals surface area contributed by atoms with Crippen molar-refractivity contribution in [1.82, 2.24) is 4.98 Å². The number of hydrogen-bond acceptors (Lipinski definition) is 4. The number of carboxylic acid groups (broad SMARTS) is 1. The summed E-state index contributed by atoms with van der Waals surface area (Å²) in [7, 11) is 0. The molecule has 0 atom stereocenters. The minimum absolute atomic E-state index is 0.0464. The van der Waals surface area contributed by atoms with Crippen LogP contribution in [0.25, 0.3) is 0 Å². The Bertz CT molecular complexity index is 450. The smallest absolute Gasteiger partial charge is 0.478 e. The SMILES string of the molecule is NCc1c(OC(F)(F)F)cnc(I)c1C(=O)O. The lowest BCUT2D eigenvalue weighted by atomic mass is 10.1. The van der Waals surface area contributed by atoms with Crippen LogP contribution in [-0.4, -0.2) is 22.4 Å². The minimum Gasteiger partial charge on any atom is -0.478 e. The molecule has 0 aliphatic heterocycles. The number of halogens is 4. The summed E-state index contributed by atoms with van der Waals surface area (Å²) < 4.78 is 39.9. The average Bonchev–Trinajstić information content (AvgIpc) is 2.17. The van der Waals surface area contributed by atoms with Crippen LogP contribution in [0.4, 0.5) is 13.2 Å². The molecule has 0 aliphatic rings. The van der Waals surface area contributed by atoms with Gasteiger partial charge in [-0.25, -0.2) is 9.78 Å². The molecule has 0 saturated carbocycles. The molecule has 1 aromatic heterocycles. The molecule has 94 valence electrons. The van der Waals surface area contributed by atoms with Gasteiger partial charge in [0.2, 0.25) is 0 Å². The normalized spacial score (nSPS) is 11.4. The van der Waals surface area contributed by atoms with Gasteiger partial charge in [-0.3, -0.25) is 0 Å². The van der Waals surface area contributed by atoms with Crippen molar-refractivity contribution in [2.24, 2.45) is 5.73 Å². The van der Waals surface area contributed by atoms with E-state index in [1.54, 1.807) is 22.6 Å². The summed E-state index contributed by atoms with van der Waals surface area (Å²) in [6.07, 6.45) is -4.13. The summed E-state index contributed by atoms with van der Waals surface area (Å²) in [6, 6.07) is 0. The van der Waals surface area contributed by atoms with Gasteiger partial charge >= 0.3 is 12.3 Å². The molecule has 1 rings (SSSR count). The van der Waals surface area contributed by atoms with E-state index in [4.69, 9.17) is 10.8 Å². The number of pyridine rings is 1. The predicted molar refractivity (Wildman–Crippen MR) is 58.5 cm³/mol. The van der Waals surface area contributed by atoms with E-state index < -0.39 is 24.6 Å². The van der Waals surface area contributed by atoms with Gasteiger partial charge in [-0.2, -0.15) is 0 Å². The van der Waals surface area contributed by atoms with E-state index in [9.17, 15) is 18.0 Å². The molecule has 9 heteroatoms. The maximum atomic E-state index is 12.1. The molecule has 0 fully saturated rings. The Balaban J connectivity index is 3.33. The van der Waals surface area contributed by atoms with Crippen molar-refractivity contribution in [3.8, 4) is 5.75 Å². The Kier molecular flexibility index (Phi) is 4.14. The summed E-state index contributed by atoms with van der Waals surface area (Å²) in [5.41, 5.74) is 4.61. The second kappa shape index (κ2) is 5.04. The first-order valence-corrected chi connectivity index (χ1v) is 5.20. The largest absolute Gasteiger partial charge is 0.573 e. The number of hydrogen-bond donors (Lipinski definition) is 2. The maximum Gasteiger partial charge on any atom is 0.573 e. The first-order valence-electron chi connectivity index (χ1n) is 4.12. The number of carbonyl (C=O) groups is 1. The highest BCUT2D eigenvalue weighted by Gasteiger charge is 2.33. The Morgan fingerprint density at radius 1 is 1.59 bits per heavy atom. The van der Waals surface area contributed by atoms with Gasteiger partial charge in [-0.05, 0) is 22.6 Å². The lowest BCUT2D eigenvalue weighted by molar-refractivity contribution is -0.275. The van der Waals surface area contributed by atoms with Crippen molar-refractivity contribution in [3.63, 3.8) is 0 Å². The van der Waals surface area contributed by atoms with Crippen LogP contribution in [0.1, 0.15) is 15.9 Å². The number of nitrogens with two attached hydrogens (primary N) is 1. The van der Waals surface area contributed by atoms with Gasteiger partial charge in [0.1, 0.15) is 3.70 Å². The van der Waals surface area contributed by atoms with E-state index in [1.807, 2.05) is 0 Å². The molecule has 0 aliphatic carbocycles. The maximum absolute atomic E-state index is 12.1. The summed E-state index contributed by atoms with van der Waals surface area (Å²) >= 11 is 1.59.